The number of ether oxygens (including phenoxy) is 1. The Morgan fingerprint density at radius 3 is 2.62 bits per heavy atom. The molecule has 0 heterocycles. The lowest BCUT2D eigenvalue weighted by Crippen LogP contribution is -2.37. The Morgan fingerprint density at radius 1 is 1.19 bits per heavy atom. The molecular weight excluding hydrogens is 266 g/mol. The van der Waals surface area contributed by atoms with Crippen LogP contribution in [0.3, 0.4) is 0 Å². The molecule has 21 heavy (non-hydrogen) atoms. The van der Waals surface area contributed by atoms with Crippen molar-refractivity contribution in [2.75, 3.05) is 19.6 Å². The van der Waals surface area contributed by atoms with E-state index in [0.29, 0.717) is 13.0 Å². The Labute approximate surface area is 128 Å². The van der Waals surface area contributed by atoms with Crippen molar-refractivity contribution < 1.29 is 9.53 Å². The summed E-state index contributed by atoms with van der Waals surface area (Å²) in [5.74, 6) is 0.774. The van der Waals surface area contributed by atoms with Crippen LogP contribution in [-0.4, -0.2) is 37.7 Å². The minimum absolute atomic E-state index is 0.0685. The highest BCUT2D eigenvalue weighted by Crippen LogP contribution is 2.21. The predicted molar refractivity (Wildman–Crippen MR) is 86.5 cm³/mol. The Kier molecular flexibility index (Phi) is 9.66. The molecule has 0 amide bonds. The molecule has 0 aromatic rings. The summed E-state index contributed by atoms with van der Waals surface area (Å²) >= 11 is 0. The fraction of sp³-hybridized carbons (Fsp3) is 0.875. The molecule has 1 fully saturated rings. The molecule has 0 aromatic carbocycles. The molecule has 1 aliphatic carbocycles. The van der Waals surface area contributed by atoms with Crippen LogP contribution in [0.25, 0.3) is 0 Å². The van der Waals surface area contributed by atoms with Gasteiger partial charge < -0.3 is 15.4 Å². The van der Waals surface area contributed by atoms with Crippen molar-refractivity contribution in [3.63, 3.8) is 0 Å². The second kappa shape index (κ2) is 11.4. The van der Waals surface area contributed by atoms with Crippen LogP contribution in [0.15, 0.2) is 4.99 Å². The summed E-state index contributed by atoms with van der Waals surface area (Å²) in [5, 5.41) is 6.50. The number of esters is 1. The summed E-state index contributed by atoms with van der Waals surface area (Å²) in [6, 6.07) is 0. The van der Waals surface area contributed by atoms with E-state index in [0.717, 1.165) is 44.7 Å². The summed E-state index contributed by atoms with van der Waals surface area (Å²) in [6.45, 7) is 6.66. The zero-order valence-electron chi connectivity index (χ0n) is 13.6. The van der Waals surface area contributed by atoms with Crippen molar-refractivity contribution in [2.24, 2.45) is 4.99 Å². The normalized spacial score (nSPS) is 16.0. The van der Waals surface area contributed by atoms with Crippen molar-refractivity contribution >= 4 is 11.9 Å². The van der Waals surface area contributed by atoms with Crippen LogP contribution in [0.5, 0.6) is 0 Å². The molecule has 1 aliphatic rings. The second-order valence-corrected chi connectivity index (χ2v) is 5.54. The number of guanidine groups is 1. The highest BCUT2D eigenvalue weighted by molar-refractivity contribution is 5.79. The van der Waals surface area contributed by atoms with Gasteiger partial charge in [0.2, 0.25) is 0 Å². The highest BCUT2D eigenvalue weighted by atomic mass is 16.5. The first-order chi connectivity index (χ1) is 10.3. The molecule has 0 aliphatic heterocycles. The maximum Gasteiger partial charge on any atom is 0.306 e. The van der Waals surface area contributed by atoms with E-state index >= 15 is 0 Å². The molecule has 0 unspecified atom stereocenters. The smallest absolute Gasteiger partial charge is 0.306 e. The zero-order chi connectivity index (χ0) is 15.3. The number of carbonyl (C=O) groups excluding carboxylic acids is 1. The molecule has 2 N–H and O–H groups in total. The van der Waals surface area contributed by atoms with E-state index in [1.54, 1.807) is 0 Å². The van der Waals surface area contributed by atoms with Gasteiger partial charge in [-0.1, -0.05) is 13.3 Å². The molecule has 0 bridgehead atoms. The van der Waals surface area contributed by atoms with Crippen molar-refractivity contribution in [1.29, 1.82) is 0 Å². The van der Waals surface area contributed by atoms with E-state index in [1.165, 1.54) is 19.3 Å². The number of aliphatic imine (C=N–C) groups is 1. The van der Waals surface area contributed by atoms with E-state index in [2.05, 4.69) is 29.5 Å². The summed E-state index contributed by atoms with van der Waals surface area (Å²) in [7, 11) is 0. The van der Waals surface area contributed by atoms with Gasteiger partial charge in [0.05, 0.1) is 0 Å². The number of nitrogens with one attached hydrogen (secondary N) is 2. The van der Waals surface area contributed by atoms with E-state index in [-0.39, 0.29) is 12.1 Å². The standard InChI is InChI=1S/C16H31N3O2/c1-3-5-12-18-16(17-4-2)19-13-8-11-15(20)21-14-9-6-7-10-14/h14H,3-13H2,1-2H3,(H2,17,18,19). The second-order valence-electron chi connectivity index (χ2n) is 5.54. The van der Waals surface area contributed by atoms with Gasteiger partial charge in [0, 0.05) is 26.1 Å². The van der Waals surface area contributed by atoms with E-state index < -0.39 is 0 Å². The molecule has 0 aromatic heterocycles. The van der Waals surface area contributed by atoms with Crippen LogP contribution in [-0.2, 0) is 9.53 Å². The number of hydrogen-bond donors (Lipinski definition) is 2. The third kappa shape index (κ3) is 8.58. The average molecular weight is 297 g/mol. The van der Waals surface area contributed by atoms with Gasteiger partial charge in [-0.2, -0.15) is 0 Å². The molecule has 5 nitrogen and oxygen atoms in total. The largest absolute Gasteiger partial charge is 0.462 e. The fourth-order valence-corrected chi connectivity index (χ4v) is 2.39. The van der Waals surface area contributed by atoms with Crippen molar-refractivity contribution in [1.82, 2.24) is 10.6 Å². The summed E-state index contributed by atoms with van der Waals surface area (Å²) < 4.78 is 5.43. The molecular formula is C16H31N3O2. The molecule has 0 radical (unpaired) electrons. The SMILES string of the molecule is CCCCNC(=NCCCC(=O)OC1CCCC1)NCC. The van der Waals surface area contributed by atoms with Gasteiger partial charge in [-0.25, -0.2) is 0 Å². The van der Waals surface area contributed by atoms with Crippen molar-refractivity contribution in [3.05, 3.63) is 0 Å². The quantitative estimate of drug-likeness (QED) is 0.297. The topological polar surface area (TPSA) is 62.7 Å². The molecule has 0 atom stereocenters. The number of unbranched alkanes of at least 4 members (excludes halogenated alkanes) is 1. The third-order valence-electron chi connectivity index (χ3n) is 3.58. The Bertz CT molecular complexity index is 313. The Balaban J connectivity index is 2.15. The number of carbonyl (C=O) groups is 1. The van der Waals surface area contributed by atoms with E-state index in [4.69, 9.17) is 4.74 Å². The van der Waals surface area contributed by atoms with Crippen LogP contribution in [0, 0.1) is 0 Å². The number of hydrogen-bond acceptors (Lipinski definition) is 3. The first-order valence-corrected chi connectivity index (χ1v) is 8.48. The first-order valence-electron chi connectivity index (χ1n) is 8.48. The van der Waals surface area contributed by atoms with Crippen LogP contribution in [0.1, 0.15) is 65.2 Å². The third-order valence-corrected chi connectivity index (χ3v) is 3.58. The zero-order valence-corrected chi connectivity index (χ0v) is 13.6. The monoisotopic (exact) mass is 297 g/mol. The van der Waals surface area contributed by atoms with E-state index in [9.17, 15) is 4.79 Å². The van der Waals surface area contributed by atoms with Gasteiger partial charge in [0.15, 0.2) is 5.96 Å². The lowest BCUT2D eigenvalue weighted by molar-refractivity contribution is -0.148. The summed E-state index contributed by atoms with van der Waals surface area (Å²) in [6.07, 6.45) is 8.15. The first kappa shape index (κ1) is 17.8. The fourth-order valence-electron chi connectivity index (χ4n) is 2.39. The molecule has 0 saturated heterocycles. The van der Waals surface area contributed by atoms with Gasteiger partial charge in [-0.05, 0) is 45.4 Å². The minimum atomic E-state index is -0.0685. The number of rotatable bonds is 9. The maximum absolute atomic E-state index is 11.7. The van der Waals surface area contributed by atoms with Gasteiger partial charge in [-0.3, -0.25) is 9.79 Å². The van der Waals surface area contributed by atoms with Gasteiger partial charge in [0.25, 0.3) is 0 Å². The molecule has 1 rings (SSSR count). The predicted octanol–water partition coefficient (Wildman–Crippen LogP) is 2.61. The Morgan fingerprint density at radius 2 is 1.95 bits per heavy atom. The van der Waals surface area contributed by atoms with Crippen molar-refractivity contribution in [3.8, 4) is 0 Å². The van der Waals surface area contributed by atoms with Gasteiger partial charge in [0.1, 0.15) is 6.10 Å². The molecule has 122 valence electrons. The molecule has 0 spiro atoms. The maximum atomic E-state index is 11.7. The van der Waals surface area contributed by atoms with Crippen LogP contribution < -0.4 is 10.6 Å². The van der Waals surface area contributed by atoms with E-state index in [1.807, 2.05) is 0 Å². The van der Waals surface area contributed by atoms with Crippen LogP contribution >= 0.6 is 0 Å². The average Bonchev–Trinajstić information content (AvgIpc) is 2.96. The Hall–Kier alpha value is -1.26. The van der Waals surface area contributed by atoms with Gasteiger partial charge >= 0.3 is 5.97 Å². The van der Waals surface area contributed by atoms with Crippen molar-refractivity contribution in [2.45, 2.75) is 71.3 Å². The molecule has 5 heteroatoms. The van der Waals surface area contributed by atoms with Crippen LogP contribution in [0.4, 0.5) is 0 Å². The number of nitrogens with zero attached hydrogens (tertiary/aromatic N) is 1. The minimum Gasteiger partial charge on any atom is -0.462 e. The molecule has 1 saturated carbocycles. The lowest BCUT2D eigenvalue weighted by atomic mass is 10.3. The van der Waals surface area contributed by atoms with Gasteiger partial charge in [-0.15, -0.1) is 0 Å². The summed E-state index contributed by atoms with van der Waals surface area (Å²) in [5.41, 5.74) is 0. The summed E-state index contributed by atoms with van der Waals surface area (Å²) in [4.78, 5) is 16.2. The van der Waals surface area contributed by atoms with Crippen LogP contribution in [0.2, 0.25) is 0 Å². The lowest BCUT2D eigenvalue weighted by Gasteiger charge is -2.12. The highest BCUT2D eigenvalue weighted by Gasteiger charge is 2.18.